The summed E-state index contributed by atoms with van der Waals surface area (Å²) >= 11 is 0. The fourth-order valence-electron chi connectivity index (χ4n) is 4.41. The molecule has 6 aromatic rings. The summed E-state index contributed by atoms with van der Waals surface area (Å²) in [6.07, 6.45) is 1.29. The summed E-state index contributed by atoms with van der Waals surface area (Å²) in [5.41, 5.74) is 8.45. The van der Waals surface area contributed by atoms with Crippen molar-refractivity contribution in [1.82, 2.24) is 23.7 Å². The number of ketones is 1. The topological polar surface area (TPSA) is 129 Å². The van der Waals surface area contributed by atoms with E-state index in [9.17, 15) is 17.6 Å². The van der Waals surface area contributed by atoms with Gasteiger partial charge in [0.1, 0.15) is 23.2 Å². The van der Waals surface area contributed by atoms with Crippen LogP contribution in [-0.2, 0) is 10.0 Å². The van der Waals surface area contributed by atoms with Crippen LogP contribution in [0.25, 0.3) is 27.6 Å². The van der Waals surface area contributed by atoms with E-state index in [1.165, 1.54) is 41.2 Å². The highest BCUT2D eigenvalue weighted by Gasteiger charge is 2.29. The highest BCUT2D eigenvalue weighted by atomic mass is 32.2. The first kappa shape index (κ1) is 22.7. The fourth-order valence-corrected chi connectivity index (χ4v) is 5.94. The lowest BCUT2D eigenvalue weighted by molar-refractivity contribution is 0.103. The quantitative estimate of drug-likeness (QED) is 0.332. The predicted molar refractivity (Wildman–Crippen MR) is 137 cm³/mol. The van der Waals surface area contributed by atoms with Gasteiger partial charge in [0, 0.05) is 5.39 Å². The molecule has 0 atom stereocenters. The van der Waals surface area contributed by atoms with Crippen molar-refractivity contribution in [3.63, 3.8) is 0 Å². The first-order valence-electron chi connectivity index (χ1n) is 11.2. The number of imidazole rings is 1. The number of carbonyl (C=O) groups is 1. The number of hydrogen-bond acceptors (Lipinski definition) is 6. The molecule has 0 spiro atoms. The zero-order valence-electron chi connectivity index (χ0n) is 19.4. The Morgan fingerprint density at radius 2 is 1.81 bits per heavy atom. The Morgan fingerprint density at radius 3 is 2.59 bits per heavy atom. The number of nitrogens with one attached hydrogen (secondary N) is 1. The van der Waals surface area contributed by atoms with Crippen LogP contribution in [0.15, 0.2) is 83.9 Å². The number of aryl methyl sites for hydroxylation is 1. The molecule has 0 aliphatic rings. The van der Waals surface area contributed by atoms with E-state index in [0.29, 0.717) is 11.2 Å². The summed E-state index contributed by atoms with van der Waals surface area (Å²) in [6.45, 7) is 1.84. The van der Waals surface area contributed by atoms with E-state index in [2.05, 4.69) is 15.1 Å². The number of halogens is 1. The fraction of sp³-hybridized carbons (Fsp3) is 0.0385. The molecule has 3 N–H and O–H groups in total. The number of carbonyl (C=O) groups excluding carboxylic acids is 1. The lowest BCUT2D eigenvalue weighted by Gasteiger charge is -2.11. The lowest BCUT2D eigenvalue weighted by Crippen LogP contribution is -2.19. The molecule has 0 saturated carbocycles. The molecule has 0 unspecified atom stereocenters. The number of rotatable bonds is 5. The summed E-state index contributed by atoms with van der Waals surface area (Å²) in [7, 11) is -4.21. The maximum absolute atomic E-state index is 14.0. The van der Waals surface area contributed by atoms with Crippen molar-refractivity contribution in [1.29, 1.82) is 0 Å². The van der Waals surface area contributed by atoms with Crippen LogP contribution in [0, 0.1) is 12.7 Å². The van der Waals surface area contributed by atoms with E-state index in [4.69, 9.17) is 5.73 Å². The van der Waals surface area contributed by atoms with E-state index in [1.54, 1.807) is 30.3 Å². The summed E-state index contributed by atoms with van der Waals surface area (Å²) in [6, 6.07) is 18.1. The van der Waals surface area contributed by atoms with Gasteiger partial charge < -0.3 is 10.7 Å². The Bertz CT molecular complexity index is 1950. The van der Waals surface area contributed by atoms with E-state index in [1.807, 2.05) is 13.0 Å². The monoisotopic (exact) mass is 514 g/mol. The third kappa shape index (κ3) is 3.59. The van der Waals surface area contributed by atoms with Crippen molar-refractivity contribution in [2.24, 2.45) is 0 Å². The first-order chi connectivity index (χ1) is 17.7. The Morgan fingerprint density at radius 1 is 1.03 bits per heavy atom. The van der Waals surface area contributed by atoms with Gasteiger partial charge in [-0.2, -0.15) is 5.10 Å². The van der Waals surface area contributed by atoms with E-state index >= 15 is 0 Å². The van der Waals surface area contributed by atoms with Crippen LogP contribution >= 0.6 is 0 Å². The Kier molecular flexibility index (Phi) is 4.99. The SMILES string of the molecule is Cc1nc2cc(-n3ncc(C(=O)c4cc5cc(F)ccc5n4S(=O)(=O)c4ccccc4)c3N)ccc2[nH]1. The highest BCUT2D eigenvalue weighted by molar-refractivity contribution is 7.90. The second kappa shape index (κ2) is 8.14. The van der Waals surface area contributed by atoms with Crippen LogP contribution in [0.3, 0.4) is 0 Å². The number of benzene rings is 3. The maximum Gasteiger partial charge on any atom is 0.268 e. The van der Waals surface area contributed by atoms with Gasteiger partial charge in [-0.25, -0.2) is 26.4 Å². The van der Waals surface area contributed by atoms with E-state index in [-0.39, 0.29) is 32.9 Å². The molecule has 37 heavy (non-hydrogen) atoms. The second-order valence-corrected chi connectivity index (χ2v) is 10.3. The number of aromatic amines is 1. The van der Waals surface area contributed by atoms with Gasteiger partial charge in [0.2, 0.25) is 5.78 Å². The molecule has 0 bridgehead atoms. The molecular weight excluding hydrogens is 495 g/mol. The molecule has 6 rings (SSSR count). The molecule has 0 amide bonds. The molecular formula is C26H19FN6O3S. The molecule has 3 aromatic carbocycles. The molecule has 11 heteroatoms. The summed E-state index contributed by atoms with van der Waals surface area (Å²) in [5.74, 6) is -0.453. The van der Waals surface area contributed by atoms with Crippen molar-refractivity contribution in [2.45, 2.75) is 11.8 Å². The molecule has 184 valence electrons. The van der Waals surface area contributed by atoms with E-state index < -0.39 is 21.6 Å². The van der Waals surface area contributed by atoms with E-state index in [0.717, 1.165) is 21.4 Å². The average molecular weight is 515 g/mol. The molecule has 0 saturated heterocycles. The zero-order chi connectivity index (χ0) is 25.9. The van der Waals surface area contributed by atoms with Gasteiger partial charge in [-0.05, 0) is 61.5 Å². The number of anilines is 1. The summed E-state index contributed by atoms with van der Waals surface area (Å²) in [5, 5.41) is 4.54. The first-order valence-corrected chi connectivity index (χ1v) is 12.6. The van der Waals surface area contributed by atoms with Crippen LogP contribution < -0.4 is 5.73 Å². The van der Waals surface area contributed by atoms with Crippen molar-refractivity contribution in [3.8, 4) is 5.69 Å². The minimum absolute atomic E-state index is 0.00564. The normalized spacial score (nSPS) is 11.9. The van der Waals surface area contributed by atoms with Crippen LogP contribution in [0.2, 0.25) is 0 Å². The molecule has 0 aliphatic heterocycles. The average Bonchev–Trinajstić information content (AvgIpc) is 3.57. The molecule has 3 heterocycles. The number of hydrogen-bond donors (Lipinski definition) is 2. The number of H-pyrrole nitrogens is 1. The van der Waals surface area contributed by atoms with Crippen molar-refractivity contribution >= 4 is 43.6 Å². The number of aromatic nitrogens is 5. The molecule has 9 nitrogen and oxygen atoms in total. The predicted octanol–water partition coefficient (Wildman–Crippen LogP) is 4.20. The molecule has 0 radical (unpaired) electrons. The molecule has 3 aromatic heterocycles. The number of nitrogens with zero attached hydrogens (tertiary/aromatic N) is 4. The van der Waals surface area contributed by atoms with Gasteiger partial charge in [0.15, 0.2) is 0 Å². The van der Waals surface area contributed by atoms with Crippen molar-refractivity contribution in [2.75, 3.05) is 5.73 Å². The van der Waals surface area contributed by atoms with Gasteiger partial charge in [-0.1, -0.05) is 18.2 Å². The van der Waals surface area contributed by atoms with Crippen LogP contribution in [-0.4, -0.2) is 37.9 Å². The van der Waals surface area contributed by atoms with Crippen LogP contribution in [0.4, 0.5) is 10.2 Å². The number of nitrogens with two attached hydrogens (primary N) is 1. The molecule has 0 aliphatic carbocycles. The van der Waals surface area contributed by atoms with Crippen molar-refractivity contribution in [3.05, 3.63) is 102 Å². The third-order valence-corrected chi connectivity index (χ3v) is 7.86. The highest BCUT2D eigenvalue weighted by Crippen LogP contribution is 2.30. The summed E-state index contributed by atoms with van der Waals surface area (Å²) < 4.78 is 43.6. The van der Waals surface area contributed by atoms with Crippen LogP contribution in [0.1, 0.15) is 21.9 Å². The lowest BCUT2D eigenvalue weighted by atomic mass is 10.1. The maximum atomic E-state index is 14.0. The number of fused-ring (bicyclic) bond motifs is 2. The Labute approximate surface area is 210 Å². The smallest absolute Gasteiger partial charge is 0.268 e. The number of nitrogen functional groups attached to an aromatic ring is 1. The van der Waals surface area contributed by atoms with Gasteiger partial charge in [-0.15, -0.1) is 0 Å². The standard InChI is InChI=1S/C26H19FN6O3S/c1-15-30-21-9-8-18(13-22(21)31-15)32-26(28)20(14-29-32)25(34)24-12-16-11-17(27)7-10-23(16)33(24)37(35,36)19-5-3-2-4-6-19/h2-14H,28H2,1H3,(H,30,31). The minimum atomic E-state index is -4.21. The largest absolute Gasteiger partial charge is 0.383 e. The molecule has 0 fully saturated rings. The third-order valence-electron chi connectivity index (χ3n) is 6.11. The van der Waals surface area contributed by atoms with Crippen LogP contribution in [0.5, 0.6) is 0 Å². The summed E-state index contributed by atoms with van der Waals surface area (Å²) in [4.78, 5) is 21.3. The van der Waals surface area contributed by atoms with Gasteiger partial charge >= 0.3 is 0 Å². The van der Waals surface area contributed by atoms with Crippen molar-refractivity contribution < 1.29 is 17.6 Å². The van der Waals surface area contributed by atoms with Gasteiger partial charge in [-0.3, -0.25) is 4.79 Å². The zero-order valence-corrected chi connectivity index (χ0v) is 20.2. The van der Waals surface area contributed by atoms with Gasteiger partial charge in [0.05, 0.1) is 38.9 Å². The van der Waals surface area contributed by atoms with Gasteiger partial charge in [0.25, 0.3) is 10.0 Å². The Balaban J connectivity index is 1.51. The second-order valence-electron chi connectivity index (χ2n) is 8.52. The minimum Gasteiger partial charge on any atom is -0.383 e. The Hall–Kier alpha value is -4.77.